The molecule has 1 amide bonds. The summed E-state index contributed by atoms with van der Waals surface area (Å²) in [5.74, 6) is 1.99. The van der Waals surface area contributed by atoms with Crippen LogP contribution < -0.4 is 5.73 Å². The SMILES string of the molecule is C=CCN1CC2C(C1)C2(C)c1cccc(N)c1.C=CCN1CC2C(C1=O)C2(C)c1cccc([N+](=O)[O-])c1. The number of anilines is 1. The van der Waals surface area contributed by atoms with Crippen LogP contribution in [0.15, 0.2) is 73.8 Å². The molecule has 0 spiro atoms. The van der Waals surface area contributed by atoms with Crippen molar-refractivity contribution in [2.24, 2.45) is 23.7 Å². The van der Waals surface area contributed by atoms with Crippen LogP contribution in [0.1, 0.15) is 25.0 Å². The first-order valence-electron chi connectivity index (χ1n) is 13.0. The average Bonchev–Trinajstić information content (AvgIpc) is 3.43. The van der Waals surface area contributed by atoms with E-state index in [0.717, 1.165) is 29.6 Å². The fourth-order valence-electron chi connectivity index (χ4n) is 7.11. The molecule has 194 valence electrons. The molecule has 2 aromatic rings. The molecule has 37 heavy (non-hydrogen) atoms. The maximum atomic E-state index is 12.3. The number of nitro benzene ring substituents is 1. The summed E-state index contributed by atoms with van der Waals surface area (Å²) in [6.07, 6.45) is 3.73. The van der Waals surface area contributed by atoms with Crippen LogP contribution in [0.5, 0.6) is 0 Å². The quantitative estimate of drug-likeness (QED) is 0.263. The van der Waals surface area contributed by atoms with E-state index in [0.29, 0.717) is 18.5 Å². The van der Waals surface area contributed by atoms with E-state index >= 15 is 0 Å². The van der Waals surface area contributed by atoms with Crippen molar-refractivity contribution in [2.75, 3.05) is 38.5 Å². The second-order valence-corrected chi connectivity index (χ2v) is 11.3. The Hall–Kier alpha value is -3.45. The predicted molar refractivity (Wildman–Crippen MR) is 146 cm³/mol. The van der Waals surface area contributed by atoms with Gasteiger partial charge in [-0.05, 0) is 41.0 Å². The number of carbonyl (C=O) groups is 1. The Morgan fingerprint density at radius 3 is 2.14 bits per heavy atom. The van der Waals surface area contributed by atoms with Crippen molar-refractivity contribution in [3.05, 3.63) is 95.1 Å². The van der Waals surface area contributed by atoms with Gasteiger partial charge in [0.2, 0.25) is 5.91 Å². The standard InChI is InChI=1S/C15H16N2O3.C15H20N2/c1-3-7-16-9-12-13(14(16)18)15(12,2)10-5-4-6-11(8-10)17(19)20;1-3-7-17-9-13-14(10-17)15(13,2)11-5-4-6-12(16)8-11/h3-6,8,12-13H,1,7,9H2,2H3;3-6,8,13-14H,1,7,9-10,16H2,2H3. The summed E-state index contributed by atoms with van der Waals surface area (Å²) in [5, 5.41) is 10.9. The van der Waals surface area contributed by atoms with Crippen LogP contribution in [0.3, 0.4) is 0 Å². The first-order valence-corrected chi connectivity index (χ1v) is 13.0. The van der Waals surface area contributed by atoms with Gasteiger partial charge in [-0.25, -0.2) is 0 Å². The maximum Gasteiger partial charge on any atom is 0.269 e. The topological polar surface area (TPSA) is 92.7 Å². The summed E-state index contributed by atoms with van der Waals surface area (Å²) < 4.78 is 0. The van der Waals surface area contributed by atoms with E-state index in [1.54, 1.807) is 23.1 Å². The van der Waals surface area contributed by atoms with Crippen molar-refractivity contribution in [1.82, 2.24) is 9.80 Å². The van der Waals surface area contributed by atoms with Gasteiger partial charge in [-0.3, -0.25) is 19.8 Å². The largest absolute Gasteiger partial charge is 0.399 e. The highest BCUT2D eigenvalue weighted by molar-refractivity contribution is 5.88. The predicted octanol–water partition coefficient (Wildman–Crippen LogP) is 4.40. The fraction of sp³-hybridized carbons (Fsp3) is 0.433. The molecule has 2 N–H and O–H groups in total. The molecule has 6 rings (SSSR count). The number of carbonyl (C=O) groups excluding carboxylic acids is 1. The molecule has 2 aromatic carbocycles. The molecule has 0 radical (unpaired) electrons. The molecule has 0 bridgehead atoms. The highest BCUT2D eigenvalue weighted by Gasteiger charge is 2.70. The fourth-order valence-corrected chi connectivity index (χ4v) is 7.11. The van der Waals surface area contributed by atoms with E-state index < -0.39 is 4.92 Å². The van der Waals surface area contributed by atoms with Gasteiger partial charge in [0.25, 0.3) is 5.69 Å². The zero-order chi connectivity index (χ0) is 26.5. The Labute approximate surface area is 218 Å². The Morgan fingerprint density at radius 2 is 1.59 bits per heavy atom. The van der Waals surface area contributed by atoms with Crippen molar-refractivity contribution < 1.29 is 9.72 Å². The number of non-ortho nitro benzene ring substituents is 1. The normalized spacial score (nSPS) is 33.1. The molecule has 2 aliphatic carbocycles. The smallest absolute Gasteiger partial charge is 0.269 e. The monoisotopic (exact) mass is 500 g/mol. The Balaban J connectivity index is 0.000000153. The third-order valence-electron chi connectivity index (χ3n) is 9.46. The number of fused-ring (bicyclic) bond motifs is 2. The van der Waals surface area contributed by atoms with Crippen LogP contribution >= 0.6 is 0 Å². The summed E-state index contributed by atoms with van der Waals surface area (Å²) in [7, 11) is 0. The van der Waals surface area contributed by atoms with Gasteiger partial charge in [-0.15, -0.1) is 13.2 Å². The zero-order valence-corrected chi connectivity index (χ0v) is 21.7. The van der Waals surface area contributed by atoms with Gasteiger partial charge in [-0.2, -0.15) is 0 Å². The molecule has 2 aliphatic heterocycles. The molecule has 2 heterocycles. The molecular weight excluding hydrogens is 464 g/mol. The number of nitrogens with zero attached hydrogens (tertiary/aromatic N) is 3. The van der Waals surface area contributed by atoms with E-state index in [2.05, 4.69) is 43.2 Å². The molecule has 2 saturated carbocycles. The second-order valence-electron chi connectivity index (χ2n) is 11.3. The summed E-state index contributed by atoms with van der Waals surface area (Å²) in [5.41, 5.74) is 9.30. The van der Waals surface area contributed by atoms with Gasteiger partial charge in [-0.1, -0.05) is 50.3 Å². The number of benzene rings is 2. The van der Waals surface area contributed by atoms with E-state index in [9.17, 15) is 14.9 Å². The lowest BCUT2D eigenvalue weighted by Crippen LogP contribution is -2.33. The molecular formula is C30H36N4O3. The molecule has 4 fully saturated rings. The number of nitrogen functional groups attached to an aromatic ring is 1. The van der Waals surface area contributed by atoms with Gasteiger partial charge >= 0.3 is 0 Å². The van der Waals surface area contributed by atoms with Gasteiger partial charge in [0.05, 0.1) is 10.8 Å². The van der Waals surface area contributed by atoms with Crippen LogP contribution in [0, 0.1) is 33.8 Å². The third-order valence-corrected chi connectivity index (χ3v) is 9.46. The molecule has 5 unspecified atom stereocenters. The van der Waals surface area contributed by atoms with E-state index in [1.807, 2.05) is 25.1 Å². The molecule has 0 aromatic heterocycles. The van der Waals surface area contributed by atoms with Crippen molar-refractivity contribution in [1.29, 1.82) is 0 Å². The number of rotatable bonds is 7. The maximum absolute atomic E-state index is 12.3. The third kappa shape index (κ3) is 4.06. The van der Waals surface area contributed by atoms with Gasteiger partial charge < -0.3 is 10.6 Å². The first kappa shape index (κ1) is 25.2. The van der Waals surface area contributed by atoms with Crippen LogP contribution in [0.2, 0.25) is 0 Å². The summed E-state index contributed by atoms with van der Waals surface area (Å²) >= 11 is 0. The van der Waals surface area contributed by atoms with Gasteiger partial charge in [0, 0.05) is 61.4 Å². The summed E-state index contributed by atoms with van der Waals surface area (Å²) in [6.45, 7) is 16.6. The molecule has 7 nitrogen and oxygen atoms in total. The Bertz CT molecular complexity index is 1250. The lowest BCUT2D eigenvalue weighted by Gasteiger charge is -2.23. The van der Waals surface area contributed by atoms with Crippen molar-refractivity contribution >= 4 is 17.3 Å². The number of nitro groups is 1. The number of hydrogen-bond donors (Lipinski definition) is 1. The summed E-state index contributed by atoms with van der Waals surface area (Å²) in [6, 6.07) is 15.1. The average molecular weight is 501 g/mol. The minimum atomic E-state index is -0.392. The number of hydrogen-bond acceptors (Lipinski definition) is 5. The Kier molecular flexibility index (Phi) is 6.23. The molecule has 5 atom stereocenters. The first-order chi connectivity index (χ1) is 17.7. The lowest BCUT2D eigenvalue weighted by atomic mass is 9.92. The van der Waals surface area contributed by atoms with Crippen molar-refractivity contribution in [3.8, 4) is 0 Å². The Morgan fingerprint density at radius 1 is 0.973 bits per heavy atom. The van der Waals surface area contributed by atoms with Crippen LogP contribution in [0.4, 0.5) is 11.4 Å². The lowest BCUT2D eigenvalue weighted by molar-refractivity contribution is -0.384. The van der Waals surface area contributed by atoms with Crippen molar-refractivity contribution in [3.63, 3.8) is 0 Å². The molecule has 4 aliphatic rings. The molecule has 2 saturated heterocycles. The number of piperidine rings is 2. The van der Waals surface area contributed by atoms with E-state index in [-0.39, 0.29) is 28.8 Å². The number of amides is 1. The minimum absolute atomic E-state index is 0.0375. The van der Waals surface area contributed by atoms with Gasteiger partial charge in [0.1, 0.15) is 0 Å². The van der Waals surface area contributed by atoms with Crippen LogP contribution in [-0.2, 0) is 15.6 Å². The van der Waals surface area contributed by atoms with E-state index in [4.69, 9.17) is 5.73 Å². The van der Waals surface area contributed by atoms with E-state index in [1.165, 1.54) is 24.7 Å². The summed E-state index contributed by atoms with van der Waals surface area (Å²) in [4.78, 5) is 27.1. The zero-order valence-electron chi connectivity index (χ0n) is 21.7. The molecule has 7 heteroatoms. The van der Waals surface area contributed by atoms with Crippen molar-refractivity contribution in [2.45, 2.75) is 24.7 Å². The number of likely N-dealkylation sites (tertiary alicyclic amines) is 2. The van der Waals surface area contributed by atoms with Gasteiger partial charge in [0.15, 0.2) is 0 Å². The van der Waals surface area contributed by atoms with Crippen LogP contribution in [-0.4, -0.2) is 53.4 Å². The second kappa shape index (κ2) is 9.14. The van der Waals surface area contributed by atoms with Crippen LogP contribution in [0.25, 0.3) is 0 Å². The highest BCUT2D eigenvalue weighted by atomic mass is 16.6. The number of nitrogens with two attached hydrogens (primary N) is 1. The highest BCUT2D eigenvalue weighted by Crippen LogP contribution is 2.64. The minimum Gasteiger partial charge on any atom is -0.399 e.